The van der Waals surface area contributed by atoms with Crippen molar-refractivity contribution in [1.82, 2.24) is 15.2 Å². The lowest BCUT2D eigenvalue weighted by Crippen LogP contribution is -2.12. The first-order valence-corrected chi connectivity index (χ1v) is 9.60. The van der Waals surface area contributed by atoms with Gasteiger partial charge < -0.3 is 10.1 Å². The number of ether oxygens (including phenoxy) is 1. The van der Waals surface area contributed by atoms with Crippen molar-refractivity contribution < 1.29 is 9.53 Å². The van der Waals surface area contributed by atoms with Gasteiger partial charge in [-0.2, -0.15) is 0 Å². The molecule has 0 aliphatic heterocycles. The van der Waals surface area contributed by atoms with Crippen molar-refractivity contribution in [3.63, 3.8) is 0 Å². The van der Waals surface area contributed by atoms with Crippen LogP contribution < -0.4 is 10.1 Å². The number of nitrogens with one attached hydrogen (secondary N) is 1. The van der Waals surface area contributed by atoms with E-state index in [0.29, 0.717) is 15.7 Å². The summed E-state index contributed by atoms with van der Waals surface area (Å²) < 4.78 is 5.26. The van der Waals surface area contributed by atoms with Crippen LogP contribution in [-0.4, -0.2) is 28.2 Å². The second-order valence-corrected chi connectivity index (χ2v) is 7.40. The molecule has 0 saturated carbocycles. The van der Waals surface area contributed by atoms with Crippen molar-refractivity contribution in [1.29, 1.82) is 0 Å². The van der Waals surface area contributed by atoms with Gasteiger partial charge in [-0.05, 0) is 42.8 Å². The van der Waals surface area contributed by atoms with E-state index >= 15 is 0 Å². The number of methoxy groups -OCH3 is 1. The third-order valence-electron chi connectivity index (χ3n) is 4.22. The Kier molecular flexibility index (Phi) is 4.93. The molecule has 2 aromatic heterocycles. The summed E-state index contributed by atoms with van der Waals surface area (Å²) in [7, 11) is 1.61. The van der Waals surface area contributed by atoms with Gasteiger partial charge in [-0.15, -0.1) is 10.2 Å². The number of rotatable bonds is 4. The number of benzene rings is 2. The molecule has 0 fully saturated rings. The van der Waals surface area contributed by atoms with Gasteiger partial charge in [0.05, 0.1) is 18.2 Å². The molecule has 1 amide bonds. The second-order valence-electron chi connectivity index (χ2n) is 6.07. The Morgan fingerprint density at radius 3 is 2.75 bits per heavy atom. The van der Waals surface area contributed by atoms with Crippen LogP contribution in [0.5, 0.6) is 5.75 Å². The molecule has 6 nitrogen and oxygen atoms in total. The average Bonchev–Trinajstić information content (AvgIpc) is 3.19. The van der Waals surface area contributed by atoms with Gasteiger partial charge in [-0.1, -0.05) is 41.1 Å². The first kappa shape index (κ1) is 18.3. The number of pyridine rings is 1. The predicted molar refractivity (Wildman–Crippen MR) is 111 cm³/mol. The van der Waals surface area contributed by atoms with Crippen LogP contribution in [0.15, 0.2) is 48.5 Å². The van der Waals surface area contributed by atoms with Gasteiger partial charge in [0.25, 0.3) is 5.91 Å². The number of para-hydroxylation sites is 1. The number of anilines is 1. The molecule has 1 N–H and O–H groups in total. The highest BCUT2D eigenvalue weighted by Crippen LogP contribution is 2.33. The third kappa shape index (κ3) is 3.54. The molecule has 28 heavy (non-hydrogen) atoms. The number of aromatic nitrogens is 3. The Morgan fingerprint density at radius 1 is 1.14 bits per heavy atom. The lowest BCUT2D eigenvalue weighted by atomic mass is 10.1. The molecule has 0 atom stereocenters. The van der Waals surface area contributed by atoms with E-state index in [1.165, 1.54) is 0 Å². The Morgan fingerprint density at radius 2 is 1.96 bits per heavy atom. The van der Waals surface area contributed by atoms with Crippen molar-refractivity contribution in [2.45, 2.75) is 6.92 Å². The molecule has 140 valence electrons. The number of hydrogen-bond acceptors (Lipinski definition) is 6. The Bertz CT molecular complexity index is 1190. The summed E-state index contributed by atoms with van der Waals surface area (Å²) in [5, 5.41) is 12.9. The topological polar surface area (TPSA) is 77.0 Å². The van der Waals surface area contributed by atoms with Crippen molar-refractivity contribution in [3.05, 3.63) is 64.3 Å². The van der Waals surface area contributed by atoms with Gasteiger partial charge in [-0.3, -0.25) is 4.79 Å². The average molecular weight is 411 g/mol. The van der Waals surface area contributed by atoms with E-state index in [-0.39, 0.29) is 10.9 Å². The van der Waals surface area contributed by atoms with Crippen LogP contribution in [0.25, 0.3) is 21.5 Å². The number of fused-ring (bicyclic) bond motifs is 1. The number of aryl methyl sites for hydroxylation is 1. The van der Waals surface area contributed by atoms with E-state index in [1.54, 1.807) is 7.11 Å². The van der Waals surface area contributed by atoms with Crippen LogP contribution >= 0.6 is 22.9 Å². The fraction of sp³-hybridized carbons (Fsp3) is 0.100. The number of carbonyl (C=O) groups excluding carboxylic acids is 1. The minimum absolute atomic E-state index is 0.250. The molecule has 2 aromatic carbocycles. The SMILES string of the molecule is COc1ccc2nc(Cl)c(-c3nnc(C(=O)Nc4ccccc4C)s3)cc2c1. The van der Waals surface area contributed by atoms with Crippen molar-refractivity contribution >= 4 is 45.4 Å². The highest BCUT2D eigenvalue weighted by Gasteiger charge is 2.17. The van der Waals surface area contributed by atoms with Gasteiger partial charge in [0, 0.05) is 11.1 Å². The van der Waals surface area contributed by atoms with E-state index in [4.69, 9.17) is 16.3 Å². The maximum Gasteiger partial charge on any atom is 0.286 e. The largest absolute Gasteiger partial charge is 0.497 e. The van der Waals surface area contributed by atoms with Crippen molar-refractivity contribution in [2.75, 3.05) is 12.4 Å². The molecular formula is C20H15ClN4O2S. The molecule has 0 unspecified atom stereocenters. The van der Waals surface area contributed by atoms with E-state index in [9.17, 15) is 4.79 Å². The molecule has 0 aliphatic rings. The molecule has 0 bridgehead atoms. The maximum atomic E-state index is 12.5. The minimum atomic E-state index is -0.315. The van der Waals surface area contributed by atoms with Crippen LogP contribution in [0.3, 0.4) is 0 Å². The van der Waals surface area contributed by atoms with Crippen molar-refractivity contribution in [2.24, 2.45) is 0 Å². The molecule has 0 aliphatic carbocycles. The van der Waals surface area contributed by atoms with Crippen LogP contribution in [0, 0.1) is 6.92 Å². The fourth-order valence-corrected chi connectivity index (χ4v) is 3.77. The van der Waals surface area contributed by atoms with E-state index in [0.717, 1.165) is 39.2 Å². The summed E-state index contributed by atoms with van der Waals surface area (Å²) in [6, 6.07) is 14.9. The number of halogens is 1. The molecule has 0 radical (unpaired) electrons. The van der Waals surface area contributed by atoms with Crippen LogP contribution in [0.2, 0.25) is 5.15 Å². The molecule has 0 saturated heterocycles. The van der Waals surface area contributed by atoms with Gasteiger partial charge in [0.15, 0.2) is 5.01 Å². The number of hydrogen-bond donors (Lipinski definition) is 1. The highest BCUT2D eigenvalue weighted by molar-refractivity contribution is 7.16. The Balaban J connectivity index is 1.66. The van der Waals surface area contributed by atoms with E-state index in [1.807, 2.05) is 55.5 Å². The smallest absolute Gasteiger partial charge is 0.286 e. The van der Waals surface area contributed by atoms with Crippen LogP contribution in [0.4, 0.5) is 5.69 Å². The summed E-state index contributed by atoms with van der Waals surface area (Å²) in [5.41, 5.74) is 3.07. The van der Waals surface area contributed by atoms with Crippen LogP contribution in [0.1, 0.15) is 15.4 Å². The lowest BCUT2D eigenvalue weighted by Gasteiger charge is -2.06. The van der Waals surface area contributed by atoms with E-state index in [2.05, 4.69) is 20.5 Å². The maximum absolute atomic E-state index is 12.5. The first-order chi connectivity index (χ1) is 13.5. The summed E-state index contributed by atoms with van der Waals surface area (Å²) in [4.78, 5) is 16.9. The zero-order chi connectivity index (χ0) is 19.7. The Labute approximate surface area is 170 Å². The van der Waals surface area contributed by atoms with Crippen LogP contribution in [-0.2, 0) is 0 Å². The first-order valence-electron chi connectivity index (χ1n) is 8.40. The molecule has 4 rings (SSSR count). The molecular weight excluding hydrogens is 396 g/mol. The van der Waals surface area contributed by atoms with Gasteiger partial charge in [0.2, 0.25) is 5.01 Å². The molecule has 8 heteroatoms. The number of carbonyl (C=O) groups is 1. The number of nitrogens with zero attached hydrogens (tertiary/aromatic N) is 3. The normalized spacial score (nSPS) is 10.8. The predicted octanol–water partition coefficient (Wildman–Crippen LogP) is 4.98. The second kappa shape index (κ2) is 7.53. The zero-order valence-electron chi connectivity index (χ0n) is 15.1. The monoisotopic (exact) mass is 410 g/mol. The summed E-state index contributed by atoms with van der Waals surface area (Å²) >= 11 is 7.51. The lowest BCUT2D eigenvalue weighted by molar-refractivity contribution is 0.102. The molecule has 0 spiro atoms. The zero-order valence-corrected chi connectivity index (χ0v) is 16.6. The number of amides is 1. The third-order valence-corrected chi connectivity index (χ3v) is 5.46. The quantitative estimate of drug-likeness (QED) is 0.480. The molecule has 2 heterocycles. The standard InChI is InChI=1S/C20H15ClN4O2S/c1-11-5-3-4-6-15(11)23-18(26)20-25-24-19(28-20)14-10-12-9-13(27-2)7-8-16(12)22-17(14)21/h3-10H,1-2H3,(H,23,26). The molecule has 4 aromatic rings. The van der Waals surface area contributed by atoms with Crippen molar-refractivity contribution in [3.8, 4) is 16.3 Å². The summed E-state index contributed by atoms with van der Waals surface area (Å²) in [6.07, 6.45) is 0. The summed E-state index contributed by atoms with van der Waals surface area (Å²) in [6.45, 7) is 1.93. The van der Waals surface area contributed by atoms with Gasteiger partial charge in [0.1, 0.15) is 10.9 Å². The highest BCUT2D eigenvalue weighted by atomic mass is 35.5. The minimum Gasteiger partial charge on any atom is -0.497 e. The fourth-order valence-electron chi connectivity index (χ4n) is 2.72. The van der Waals surface area contributed by atoms with Gasteiger partial charge >= 0.3 is 0 Å². The van der Waals surface area contributed by atoms with E-state index < -0.39 is 0 Å². The van der Waals surface area contributed by atoms with Gasteiger partial charge in [-0.25, -0.2) is 4.98 Å². The summed E-state index contributed by atoms with van der Waals surface area (Å²) in [5.74, 6) is 0.405. The Hall–Kier alpha value is -3.03.